The molecule has 0 aliphatic heterocycles. The van der Waals surface area contributed by atoms with Crippen LogP contribution in [-0.2, 0) is 12.8 Å². The Bertz CT molecular complexity index is 1140. The number of halogens is 1. The Balaban J connectivity index is 1.77. The highest BCUT2D eigenvalue weighted by Gasteiger charge is 2.28. The Kier molecular flexibility index (Phi) is 5.36. The number of carbonyl (C=O) groups excluding carboxylic acids is 2. The summed E-state index contributed by atoms with van der Waals surface area (Å²) in [5.41, 5.74) is 7.50. The van der Waals surface area contributed by atoms with Crippen LogP contribution >= 0.6 is 27.3 Å². The van der Waals surface area contributed by atoms with Crippen molar-refractivity contribution in [1.82, 2.24) is 0 Å². The number of benzene rings is 2. The molecule has 0 unspecified atom stereocenters. The molecule has 1 aliphatic rings. The second kappa shape index (κ2) is 7.80. The van der Waals surface area contributed by atoms with Crippen LogP contribution in [0.5, 0.6) is 5.75 Å². The monoisotopic (exact) mass is 472 g/mol. The van der Waals surface area contributed by atoms with Crippen molar-refractivity contribution >= 4 is 54.9 Å². The molecule has 1 aliphatic carbocycles. The smallest absolute Gasteiger partial charge is 0.260 e. The molecule has 5 nitrogen and oxygen atoms in total. The van der Waals surface area contributed by atoms with Gasteiger partial charge in [-0.1, -0.05) is 31.2 Å². The summed E-state index contributed by atoms with van der Waals surface area (Å²) in [5, 5.41) is 5.32. The number of amides is 2. The van der Waals surface area contributed by atoms with E-state index < -0.39 is 5.91 Å². The summed E-state index contributed by atoms with van der Waals surface area (Å²) in [6, 6.07) is 9.55. The number of carbonyl (C=O) groups is 2. The van der Waals surface area contributed by atoms with Crippen molar-refractivity contribution in [1.29, 1.82) is 0 Å². The predicted octanol–water partition coefficient (Wildman–Crippen LogP) is 5.15. The van der Waals surface area contributed by atoms with Crippen LogP contribution in [0, 0.1) is 5.92 Å². The standard InChI is InChI=1S/C22H21BrN2O3S/c1-11-7-8-14-16(9-11)29-22(17(14)20(24)26)25-21(27)15-10-12-5-3-4-6-13(12)18(23)19(15)28-2/h3-6,10-11H,7-9H2,1-2H3,(H2,24,26)(H,25,27)/t11-/m1/s1. The summed E-state index contributed by atoms with van der Waals surface area (Å²) < 4.78 is 6.24. The van der Waals surface area contributed by atoms with Crippen LogP contribution in [0.3, 0.4) is 0 Å². The lowest BCUT2D eigenvalue weighted by molar-refractivity contribution is 0.1000. The second-order valence-electron chi connectivity index (χ2n) is 7.37. The highest BCUT2D eigenvalue weighted by atomic mass is 79.9. The van der Waals surface area contributed by atoms with Gasteiger partial charge >= 0.3 is 0 Å². The molecule has 29 heavy (non-hydrogen) atoms. The molecule has 3 N–H and O–H groups in total. The van der Waals surface area contributed by atoms with Gasteiger partial charge in [-0.25, -0.2) is 0 Å². The van der Waals surface area contributed by atoms with E-state index in [1.165, 1.54) is 18.4 Å². The van der Waals surface area contributed by atoms with E-state index in [4.69, 9.17) is 10.5 Å². The molecule has 0 spiro atoms. The van der Waals surface area contributed by atoms with Gasteiger partial charge < -0.3 is 15.8 Å². The Hall–Kier alpha value is -2.38. The maximum absolute atomic E-state index is 13.2. The van der Waals surface area contributed by atoms with Gasteiger partial charge in [0.15, 0.2) is 0 Å². The van der Waals surface area contributed by atoms with Gasteiger partial charge in [-0.2, -0.15) is 0 Å². The molecule has 1 heterocycles. The minimum atomic E-state index is -0.501. The third-order valence-electron chi connectivity index (χ3n) is 5.37. The number of rotatable bonds is 4. The van der Waals surface area contributed by atoms with Crippen molar-refractivity contribution in [2.24, 2.45) is 11.7 Å². The highest BCUT2D eigenvalue weighted by Crippen LogP contribution is 2.41. The first-order valence-electron chi connectivity index (χ1n) is 9.41. The summed E-state index contributed by atoms with van der Waals surface area (Å²) in [6.07, 6.45) is 2.73. The van der Waals surface area contributed by atoms with E-state index in [2.05, 4.69) is 28.2 Å². The van der Waals surface area contributed by atoms with E-state index in [0.29, 0.717) is 27.8 Å². The molecule has 3 aromatic rings. The van der Waals surface area contributed by atoms with E-state index in [9.17, 15) is 9.59 Å². The largest absolute Gasteiger partial charge is 0.495 e. The Morgan fingerprint density at radius 2 is 2.07 bits per heavy atom. The molecule has 1 aromatic heterocycles. The van der Waals surface area contributed by atoms with Crippen molar-refractivity contribution in [2.75, 3.05) is 12.4 Å². The molecule has 2 amide bonds. The minimum Gasteiger partial charge on any atom is -0.495 e. The average molecular weight is 473 g/mol. The van der Waals surface area contributed by atoms with Crippen LogP contribution in [0.2, 0.25) is 0 Å². The topological polar surface area (TPSA) is 81.4 Å². The number of methoxy groups -OCH3 is 1. The van der Waals surface area contributed by atoms with Gasteiger partial charge in [0.2, 0.25) is 0 Å². The van der Waals surface area contributed by atoms with Crippen molar-refractivity contribution < 1.29 is 14.3 Å². The number of nitrogens with one attached hydrogen (secondary N) is 1. The zero-order valence-corrected chi connectivity index (χ0v) is 18.6. The fraction of sp³-hybridized carbons (Fsp3) is 0.273. The lowest BCUT2D eigenvalue weighted by atomic mass is 9.88. The summed E-state index contributed by atoms with van der Waals surface area (Å²) in [4.78, 5) is 26.5. The van der Waals surface area contributed by atoms with Crippen molar-refractivity contribution in [3.8, 4) is 5.75 Å². The van der Waals surface area contributed by atoms with Gasteiger partial charge in [0.1, 0.15) is 10.8 Å². The van der Waals surface area contributed by atoms with Gasteiger partial charge in [0, 0.05) is 4.88 Å². The van der Waals surface area contributed by atoms with Gasteiger partial charge in [-0.15, -0.1) is 11.3 Å². The van der Waals surface area contributed by atoms with Gasteiger partial charge in [0.25, 0.3) is 11.8 Å². The molecule has 4 rings (SSSR count). The van der Waals surface area contributed by atoms with Crippen LogP contribution in [0.4, 0.5) is 5.00 Å². The summed E-state index contributed by atoms with van der Waals surface area (Å²) in [7, 11) is 1.53. The molecule has 0 bridgehead atoms. The normalized spacial score (nSPS) is 15.8. The van der Waals surface area contributed by atoms with E-state index >= 15 is 0 Å². The first-order valence-corrected chi connectivity index (χ1v) is 11.0. The SMILES string of the molecule is COc1c(C(=O)Nc2sc3c(c2C(N)=O)CC[C@@H](C)C3)cc2ccccc2c1Br. The maximum atomic E-state index is 13.2. The fourth-order valence-corrected chi connectivity index (χ4v) is 6.07. The maximum Gasteiger partial charge on any atom is 0.260 e. The number of nitrogens with two attached hydrogens (primary N) is 1. The van der Waals surface area contributed by atoms with Crippen molar-refractivity contribution in [3.63, 3.8) is 0 Å². The third-order valence-corrected chi connectivity index (χ3v) is 7.33. The van der Waals surface area contributed by atoms with Crippen LogP contribution in [0.15, 0.2) is 34.8 Å². The average Bonchev–Trinajstić information content (AvgIpc) is 3.04. The quantitative estimate of drug-likeness (QED) is 0.550. The first kappa shape index (κ1) is 19.9. The van der Waals surface area contributed by atoms with Gasteiger partial charge in [0.05, 0.1) is 22.7 Å². The number of hydrogen-bond acceptors (Lipinski definition) is 4. The lowest BCUT2D eigenvalue weighted by Gasteiger charge is -2.18. The highest BCUT2D eigenvalue weighted by molar-refractivity contribution is 9.10. The van der Waals surface area contributed by atoms with E-state index in [1.54, 1.807) is 6.07 Å². The van der Waals surface area contributed by atoms with Crippen LogP contribution in [-0.4, -0.2) is 18.9 Å². The number of thiophene rings is 1. The second-order valence-corrected chi connectivity index (χ2v) is 9.26. The molecule has 2 aromatic carbocycles. The van der Waals surface area contributed by atoms with E-state index in [1.807, 2.05) is 24.3 Å². The molecular formula is C22H21BrN2O3S. The molecule has 0 saturated heterocycles. The lowest BCUT2D eigenvalue weighted by Crippen LogP contribution is -2.19. The number of primary amides is 1. The third kappa shape index (κ3) is 3.53. The van der Waals surface area contributed by atoms with Crippen LogP contribution < -0.4 is 15.8 Å². The molecule has 1 atom stereocenters. The summed E-state index contributed by atoms with van der Waals surface area (Å²) >= 11 is 5.01. The van der Waals surface area contributed by atoms with Crippen LogP contribution in [0.25, 0.3) is 10.8 Å². The Morgan fingerprint density at radius 1 is 1.31 bits per heavy atom. The molecule has 0 fully saturated rings. The number of anilines is 1. The molecule has 7 heteroatoms. The van der Waals surface area contributed by atoms with Crippen molar-refractivity contribution in [3.05, 3.63) is 56.4 Å². The summed E-state index contributed by atoms with van der Waals surface area (Å²) in [6.45, 7) is 2.20. The van der Waals surface area contributed by atoms with Gasteiger partial charge in [-0.05, 0) is 63.5 Å². The summed E-state index contributed by atoms with van der Waals surface area (Å²) in [5.74, 6) is 0.181. The van der Waals surface area contributed by atoms with E-state index in [-0.39, 0.29) is 5.91 Å². The zero-order valence-electron chi connectivity index (χ0n) is 16.2. The first-order chi connectivity index (χ1) is 13.9. The number of fused-ring (bicyclic) bond motifs is 2. The fourth-order valence-electron chi connectivity index (χ4n) is 3.92. The Labute approximate surface area is 181 Å². The van der Waals surface area contributed by atoms with Gasteiger partial charge in [-0.3, -0.25) is 9.59 Å². The van der Waals surface area contributed by atoms with Crippen LogP contribution in [0.1, 0.15) is 44.5 Å². The predicted molar refractivity (Wildman–Crippen MR) is 120 cm³/mol. The number of hydrogen-bond donors (Lipinski definition) is 2. The molecular weight excluding hydrogens is 452 g/mol. The minimum absolute atomic E-state index is 0.331. The Morgan fingerprint density at radius 3 is 2.79 bits per heavy atom. The van der Waals surface area contributed by atoms with Crippen molar-refractivity contribution in [2.45, 2.75) is 26.2 Å². The van der Waals surface area contributed by atoms with E-state index in [0.717, 1.165) is 44.9 Å². The zero-order chi connectivity index (χ0) is 20.7. The molecule has 150 valence electrons. The molecule has 0 saturated carbocycles. The number of ether oxygens (including phenoxy) is 1. The molecule has 0 radical (unpaired) electrons.